The number of carbonyl (C=O) groups excluding carboxylic acids is 1. The van der Waals surface area contributed by atoms with Crippen molar-refractivity contribution in [1.82, 2.24) is 0 Å². The second-order valence-electron chi connectivity index (χ2n) is 10.1. The van der Waals surface area contributed by atoms with E-state index in [1.807, 2.05) is 36.4 Å². The zero-order valence-corrected chi connectivity index (χ0v) is 20.7. The molecule has 4 rings (SSSR count). The molecule has 0 radical (unpaired) electrons. The number of para-hydroxylation sites is 1. The summed E-state index contributed by atoms with van der Waals surface area (Å²) in [6.45, 7) is 8.61. The van der Waals surface area contributed by atoms with E-state index in [0.717, 1.165) is 48.3 Å². The molecule has 0 aromatic heterocycles. The van der Waals surface area contributed by atoms with Gasteiger partial charge in [0.25, 0.3) is 0 Å². The monoisotopic (exact) mass is 465 g/mol. The predicted octanol–water partition coefficient (Wildman–Crippen LogP) is 6.59. The average Bonchev–Trinajstić information content (AvgIpc) is 2.99. The molecule has 0 spiro atoms. The Bertz CT molecular complexity index is 1130. The Morgan fingerprint density at radius 2 is 1.76 bits per heavy atom. The maximum Gasteiger partial charge on any atom is 0.162 e. The van der Waals surface area contributed by atoms with Crippen molar-refractivity contribution in [3.63, 3.8) is 0 Å². The first-order valence-corrected chi connectivity index (χ1v) is 13.9. The van der Waals surface area contributed by atoms with Crippen molar-refractivity contribution in [2.75, 3.05) is 16.4 Å². The van der Waals surface area contributed by atoms with Crippen molar-refractivity contribution in [2.45, 2.75) is 64.2 Å². The van der Waals surface area contributed by atoms with Gasteiger partial charge >= 0.3 is 0 Å². The van der Waals surface area contributed by atoms with Crippen LogP contribution in [0.1, 0.15) is 74.7 Å². The standard InChI is InChI=1S/C28H35NO3S/c1-21-28(2,3)25-19-23(16-17-26(25)29(21)24-13-8-5-9-14-24)27(30)15-10-18-33(31,32)20-22-11-6-4-7-12-22/h5,8-9,13-14,16-17,19,22H,1,4,6-7,10-12,15,18,20H2,2-3H3. The number of anilines is 2. The molecule has 33 heavy (non-hydrogen) atoms. The second kappa shape index (κ2) is 9.46. The number of fused-ring (bicyclic) bond motifs is 1. The lowest BCUT2D eigenvalue weighted by molar-refractivity contribution is 0.0982. The van der Waals surface area contributed by atoms with Crippen LogP contribution in [0.5, 0.6) is 0 Å². The highest BCUT2D eigenvalue weighted by Crippen LogP contribution is 2.50. The minimum Gasteiger partial charge on any atom is -0.314 e. The highest BCUT2D eigenvalue weighted by Gasteiger charge is 2.40. The van der Waals surface area contributed by atoms with E-state index in [1.165, 1.54) is 6.42 Å². The van der Waals surface area contributed by atoms with Crippen LogP contribution < -0.4 is 4.90 Å². The molecule has 0 amide bonds. The smallest absolute Gasteiger partial charge is 0.162 e. The number of carbonyl (C=O) groups is 1. The Labute approximate surface area is 198 Å². The van der Waals surface area contributed by atoms with Crippen LogP contribution in [0, 0.1) is 5.92 Å². The van der Waals surface area contributed by atoms with Gasteiger partial charge in [0, 0.05) is 34.5 Å². The summed E-state index contributed by atoms with van der Waals surface area (Å²) < 4.78 is 25.1. The first-order valence-electron chi connectivity index (χ1n) is 12.1. The Morgan fingerprint density at radius 3 is 2.45 bits per heavy atom. The molecule has 1 aliphatic carbocycles. The van der Waals surface area contributed by atoms with Gasteiger partial charge in [-0.1, -0.05) is 57.9 Å². The molecular formula is C28H35NO3S. The summed E-state index contributed by atoms with van der Waals surface area (Å²) in [7, 11) is -3.10. The average molecular weight is 466 g/mol. The van der Waals surface area contributed by atoms with E-state index in [0.29, 0.717) is 17.9 Å². The summed E-state index contributed by atoms with van der Waals surface area (Å²) in [6, 6.07) is 16.0. The topological polar surface area (TPSA) is 54.5 Å². The van der Waals surface area contributed by atoms with Crippen LogP contribution in [0.4, 0.5) is 11.4 Å². The maximum atomic E-state index is 12.9. The molecule has 5 heteroatoms. The molecule has 2 aromatic rings. The Balaban J connectivity index is 1.44. The second-order valence-corrected chi connectivity index (χ2v) is 12.3. The molecular weight excluding hydrogens is 430 g/mol. The molecule has 1 fully saturated rings. The number of Topliss-reactive ketones (excluding diaryl/α,β-unsaturated/α-hetero) is 1. The third-order valence-electron chi connectivity index (χ3n) is 7.31. The maximum absolute atomic E-state index is 12.9. The molecule has 0 bridgehead atoms. The van der Waals surface area contributed by atoms with Crippen LogP contribution >= 0.6 is 0 Å². The van der Waals surface area contributed by atoms with Crippen LogP contribution in [-0.4, -0.2) is 25.7 Å². The molecule has 176 valence electrons. The predicted molar refractivity (Wildman–Crippen MR) is 136 cm³/mol. The van der Waals surface area contributed by atoms with Gasteiger partial charge in [0.15, 0.2) is 15.6 Å². The fourth-order valence-electron chi connectivity index (χ4n) is 5.25. The van der Waals surface area contributed by atoms with Crippen molar-refractivity contribution in [2.24, 2.45) is 5.92 Å². The third-order valence-corrected chi connectivity index (χ3v) is 9.20. The van der Waals surface area contributed by atoms with Gasteiger partial charge in [-0.3, -0.25) is 4.79 Å². The van der Waals surface area contributed by atoms with E-state index in [1.54, 1.807) is 0 Å². The summed E-state index contributed by atoms with van der Waals surface area (Å²) in [5.74, 6) is 0.694. The fraction of sp³-hybridized carbons (Fsp3) is 0.464. The molecule has 0 atom stereocenters. The Kier molecular flexibility index (Phi) is 6.81. The largest absolute Gasteiger partial charge is 0.314 e. The van der Waals surface area contributed by atoms with Crippen LogP contribution in [0.2, 0.25) is 0 Å². The minimum absolute atomic E-state index is 0.00485. The van der Waals surface area contributed by atoms with E-state index in [-0.39, 0.29) is 29.1 Å². The van der Waals surface area contributed by atoms with E-state index in [9.17, 15) is 13.2 Å². The molecule has 1 aliphatic heterocycles. The summed E-state index contributed by atoms with van der Waals surface area (Å²) >= 11 is 0. The third kappa shape index (κ3) is 5.08. The highest BCUT2D eigenvalue weighted by atomic mass is 32.2. The van der Waals surface area contributed by atoms with Crippen molar-refractivity contribution < 1.29 is 13.2 Å². The van der Waals surface area contributed by atoms with Crippen LogP contribution in [0.3, 0.4) is 0 Å². The lowest BCUT2D eigenvalue weighted by Gasteiger charge is -2.25. The van der Waals surface area contributed by atoms with E-state index in [4.69, 9.17) is 0 Å². The van der Waals surface area contributed by atoms with Crippen LogP contribution in [0.25, 0.3) is 0 Å². The number of hydrogen-bond donors (Lipinski definition) is 0. The number of nitrogens with zero attached hydrogens (tertiary/aromatic N) is 1. The molecule has 0 unspecified atom stereocenters. The molecule has 4 nitrogen and oxygen atoms in total. The van der Waals surface area contributed by atoms with Gasteiger partial charge < -0.3 is 4.90 Å². The number of sulfone groups is 1. The lowest BCUT2D eigenvalue weighted by Crippen LogP contribution is -2.21. The summed E-state index contributed by atoms with van der Waals surface area (Å²) in [5.41, 5.74) is 4.49. The number of benzene rings is 2. The number of ketones is 1. The van der Waals surface area contributed by atoms with E-state index < -0.39 is 9.84 Å². The molecule has 1 heterocycles. The zero-order valence-electron chi connectivity index (χ0n) is 19.8. The normalized spacial score (nSPS) is 18.4. The first-order chi connectivity index (χ1) is 15.7. The van der Waals surface area contributed by atoms with Crippen molar-refractivity contribution in [3.05, 3.63) is 71.9 Å². The first kappa shape index (κ1) is 23.7. The molecule has 0 N–H and O–H groups in total. The summed E-state index contributed by atoms with van der Waals surface area (Å²) in [6.07, 6.45) is 6.19. The van der Waals surface area contributed by atoms with Crippen LogP contribution in [0.15, 0.2) is 60.8 Å². The van der Waals surface area contributed by atoms with Gasteiger partial charge in [-0.15, -0.1) is 0 Å². The lowest BCUT2D eigenvalue weighted by atomic mass is 9.83. The molecule has 2 aliphatic rings. The number of rotatable bonds is 8. The van der Waals surface area contributed by atoms with Gasteiger partial charge in [-0.25, -0.2) is 8.42 Å². The van der Waals surface area contributed by atoms with E-state index in [2.05, 4.69) is 37.5 Å². The van der Waals surface area contributed by atoms with Crippen LogP contribution in [-0.2, 0) is 15.3 Å². The van der Waals surface area contributed by atoms with Gasteiger partial charge in [0.1, 0.15) is 0 Å². The van der Waals surface area contributed by atoms with Crippen molar-refractivity contribution >= 4 is 27.0 Å². The Morgan fingerprint density at radius 1 is 1.06 bits per heavy atom. The summed E-state index contributed by atoms with van der Waals surface area (Å²) in [4.78, 5) is 15.1. The highest BCUT2D eigenvalue weighted by molar-refractivity contribution is 7.91. The summed E-state index contributed by atoms with van der Waals surface area (Å²) in [5, 5.41) is 0. The van der Waals surface area contributed by atoms with Gasteiger partial charge in [-0.05, 0) is 61.1 Å². The van der Waals surface area contributed by atoms with Gasteiger partial charge in [0.2, 0.25) is 0 Å². The van der Waals surface area contributed by atoms with Gasteiger partial charge in [-0.2, -0.15) is 0 Å². The Hall–Kier alpha value is -2.40. The molecule has 2 aromatic carbocycles. The van der Waals surface area contributed by atoms with Gasteiger partial charge in [0.05, 0.1) is 11.5 Å². The quantitative estimate of drug-likeness (QED) is 0.413. The number of allylic oxidation sites excluding steroid dienone is 1. The molecule has 0 saturated heterocycles. The van der Waals surface area contributed by atoms with Crippen molar-refractivity contribution in [3.8, 4) is 0 Å². The SMILES string of the molecule is C=C1N(c2ccccc2)c2ccc(C(=O)CCCS(=O)(=O)CC3CCCCC3)cc2C1(C)C. The van der Waals surface area contributed by atoms with Crippen molar-refractivity contribution in [1.29, 1.82) is 0 Å². The van der Waals surface area contributed by atoms with E-state index >= 15 is 0 Å². The zero-order chi connectivity index (χ0) is 23.6. The number of hydrogen-bond acceptors (Lipinski definition) is 4. The minimum atomic E-state index is -3.10. The molecule has 1 saturated carbocycles. The fourth-order valence-corrected chi connectivity index (χ4v) is 7.05.